The molecule has 0 spiro atoms. The fraction of sp³-hybridized carbons (Fsp3) is 0.462. The second-order valence-electron chi connectivity index (χ2n) is 5.07. The molecular weight excluding hydrogens is 360 g/mol. The van der Waals surface area contributed by atoms with Crippen LogP contribution in [-0.4, -0.2) is 18.0 Å². The van der Waals surface area contributed by atoms with Crippen molar-refractivity contribution in [1.82, 2.24) is 5.32 Å². The minimum Gasteiger partial charge on any atom is -0.324 e. The van der Waals surface area contributed by atoms with Gasteiger partial charge in [0, 0.05) is 27.4 Å². The molecule has 0 unspecified atom stereocenters. The first kappa shape index (κ1) is 15.7. The monoisotopic (exact) mass is 376 g/mol. The van der Waals surface area contributed by atoms with E-state index in [4.69, 9.17) is 0 Å². The summed E-state index contributed by atoms with van der Waals surface area (Å²) in [6, 6.07) is 5.70. The van der Waals surface area contributed by atoms with E-state index in [2.05, 4.69) is 63.3 Å². The van der Waals surface area contributed by atoms with Crippen LogP contribution in [0, 0.1) is 0 Å². The molecule has 1 amide bonds. The highest BCUT2D eigenvalue weighted by Crippen LogP contribution is 2.30. The van der Waals surface area contributed by atoms with Gasteiger partial charge >= 0.3 is 0 Å². The summed E-state index contributed by atoms with van der Waals surface area (Å²) >= 11 is 6.83. The van der Waals surface area contributed by atoms with Gasteiger partial charge in [-0.2, -0.15) is 0 Å². The van der Waals surface area contributed by atoms with E-state index in [9.17, 15) is 4.79 Å². The number of anilines is 1. The van der Waals surface area contributed by atoms with Crippen LogP contribution in [0.15, 0.2) is 27.1 Å². The molecule has 0 aliphatic carbocycles. The summed E-state index contributed by atoms with van der Waals surface area (Å²) < 4.78 is 1.74. The molecule has 0 aliphatic rings. The lowest BCUT2D eigenvalue weighted by Gasteiger charge is -2.20. The number of rotatable bonds is 4. The van der Waals surface area contributed by atoms with Crippen molar-refractivity contribution in [1.29, 1.82) is 0 Å². The first-order valence-corrected chi connectivity index (χ1v) is 7.37. The molecule has 3 nitrogen and oxygen atoms in total. The van der Waals surface area contributed by atoms with E-state index in [1.165, 1.54) is 0 Å². The molecule has 0 heterocycles. The highest BCUT2D eigenvalue weighted by Gasteiger charge is 2.11. The van der Waals surface area contributed by atoms with E-state index in [0.29, 0.717) is 13.0 Å². The van der Waals surface area contributed by atoms with Gasteiger partial charge in [0.2, 0.25) is 5.91 Å². The number of carbonyl (C=O) groups is 1. The summed E-state index contributed by atoms with van der Waals surface area (Å²) in [5, 5.41) is 6.18. The quantitative estimate of drug-likeness (QED) is 0.834. The third-order valence-electron chi connectivity index (χ3n) is 2.23. The van der Waals surface area contributed by atoms with Gasteiger partial charge in [0.05, 0.1) is 5.69 Å². The number of amides is 1. The van der Waals surface area contributed by atoms with E-state index in [1.807, 2.05) is 18.2 Å². The van der Waals surface area contributed by atoms with Gasteiger partial charge in [-0.1, -0.05) is 6.07 Å². The molecule has 5 heteroatoms. The molecule has 0 saturated carbocycles. The van der Waals surface area contributed by atoms with Crippen LogP contribution in [0.4, 0.5) is 5.69 Å². The molecule has 1 aromatic rings. The second kappa shape index (κ2) is 6.68. The third kappa shape index (κ3) is 5.50. The SMILES string of the molecule is CC(C)(C)NCCC(=O)Nc1c(Br)cccc1Br. The van der Waals surface area contributed by atoms with Gasteiger partial charge in [0.15, 0.2) is 0 Å². The number of hydrogen-bond donors (Lipinski definition) is 2. The van der Waals surface area contributed by atoms with Crippen molar-refractivity contribution in [3.8, 4) is 0 Å². The van der Waals surface area contributed by atoms with Crippen molar-refractivity contribution in [3.05, 3.63) is 27.1 Å². The van der Waals surface area contributed by atoms with Gasteiger partial charge in [0.1, 0.15) is 0 Å². The largest absolute Gasteiger partial charge is 0.324 e. The number of halogens is 2. The summed E-state index contributed by atoms with van der Waals surface area (Å²) in [5.41, 5.74) is 0.812. The van der Waals surface area contributed by atoms with Gasteiger partial charge in [0.25, 0.3) is 0 Å². The van der Waals surface area contributed by atoms with E-state index in [0.717, 1.165) is 14.6 Å². The fourth-order valence-electron chi connectivity index (χ4n) is 1.37. The van der Waals surface area contributed by atoms with Gasteiger partial charge in [-0.3, -0.25) is 4.79 Å². The van der Waals surface area contributed by atoms with Crippen molar-refractivity contribution in [2.45, 2.75) is 32.7 Å². The van der Waals surface area contributed by atoms with Crippen LogP contribution in [0.2, 0.25) is 0 Å². The maximum absolute atomic E-state index is 11.8. The van der Waals surface area contributed by atoms with E-state index < -0.39 is 0 Å². The van der Waals surface area contributed by atoms with Crippen LogP contribution in [-0.2, 0) is 4.79 Å². The molecule has 0 atom stereocenters. The Morgan fingerprint density at radius 3 is 2.28 bits per heavy atom. The Morgan fingerprint density at radius 2 is 1.78 bits per heavy atom. The molecule has 2 N–H and O–H groups in total. The highest BCUT2D eigenvalue weighted by molar-refractivity contribution is 9.11. The van der Waals surface area contributed by atoms with E-state index >= 15 is 0 Å². The highest BCUT2D eigenvalue weighted by atomic mass is 79.9. The minimum atomic E-state index is -0.000602. The van der Waals surface area contributed by atoms with Crippen LogP contribution < -0.4 is 10.6 Å². The topological polar surface area (TPSA) is 41.1 Å². The third-order valence-corrected chi connectivity index (χ3v) is 3.56. The number of benzene rings is 1. The molecule has 0 bridgehead atoms. The molecule has 1 rings (SSSR count). The van der Waals surface area contributed by atoms with Crippen molar-refractivity contribution in [3.63, 3.8) is 0 Å². The maximum atomic E-state index is 11.8. The Labute approximate surface area is 125 Å². The number of carbonyl (C=O) groups excluding carboxylic acids is 1. The molecular formula is C13H18Br2N2O. The molecule has 0 aromatic heterocycles. The molecule has 1 aromatic carbocycles. The Balaban J connectivity index is 2.50. The number of hydrogen-bond acceptors (Lipinski definition) is 2. The summed E-state index contributed by atoms with van der Waals surface area (Å²) in [5.74, 6) is -0.000602. The van der Waals surface area contributed by atoms with Crippen LogP contribution in [0.5, 0.6) is 0 Å². The summed E-state index contributed by atoms with van der Waals surface area (Å²) in [6.45, 7) is 6.90. The average Bonchev–Trinajstić information content (AvgIpc) is 2.22. The smallest absolute Gasteiger partial charge is 0.225 e. The first-order chi connectivity index (χ1) is 8.29. The van der Waals surface area contributed by atoms with Crippen LogP contribution in [0.1, 0.15) is 27.2 Å². The number of para-hydroxylation sites is 1. The summed E-state index contributed by atoms with van der Waals surface area (Å²) in [7, 11) is 0. The van der Waals surface area contributed by atoms with Crippen molar-refractivity contribution < 1.29 is 4.79 Å². The van der Waals surface area contributed by atoms with E-state index in [-0.39, 0.29) is 11.4 Å². The minimum absolute atomic E-state index is 0.000602. The Bertz CT molecular complexity index is 407. The summed E-state index contributed by atoms with van der Waals surface area (Å²) in [6.07, 6.45) is 0.449. The predicted octanol–water partition coefficient (Wildman–Crippen LogP) is 3.93. The van der Waals surface area contributed by atoms with Gasteiger partial charge in [-0.05, 0) is 64.8 Å². The summed E-state index contributed by atoms with van der Waals surface area (Å²) in [4.78, 5) is 11.8. The second-order valence-corrected chi connectivity index (χ2v) is 6.78. The lowest BCUT2D eigenvalue weighted by atomic mass is 10.1. The lowest BCUT2D eigenvalue weighted by molar-refractivity contribution is -0.116. The Hall–Kier alpha value is -0.390. The average molecular weight is 378 g/mol. The molecule has 100 valence electrons. The number of nitrogens with one attached hydrogen (secondary N) is 2. The van der Waals surface area contributed by atoms with Crippen LogP contribution >= 0.6 is 31.9 Å². The Morgan fingerprint density at radius 1 is 1.22 bits per heavy atom. The van der Waals surface area contributed by atoms with Crippen molar-refractivity contribution in [2.24, 2.45) is 0 Å². The predicted molar refractivity (Wildman–Crippen MR) is 82.8 cm³/mol. The van der Waals surface area contributed by atoms with Crippen molar-refractivity contribution in [2.75, 3.05) is 11.9 Å². The van der Waals surface area contributed by atoms with E-state index in [1.54, 1.807) is 0 Å². The zero-order valence-electron chi connectivity index (χ0n) is 10.8. The van der Waals surface area contributed by atoms with Crippen LogP contribution in [0.3, 0.4) is 0 Å². The Kier molecular flexibility index (Phi) is 5.82. The maximum Gasteiger partial charge on any atom is 0.225 e. The van der Waals surface area contributed by atoms with Gasteiger partial charge < -0.3 is 10.6 Å². The van der Waals surface area contributed by atoms with Gasteiger partial charge in [-0.25, -0.2) is 0 Å². The normalized spacial score (nSPS) is 11.4. The molecule has 18 heavy (non-hydrogen) atoms. The first-order valence-electron chi connectivity index (χ1n) is 5.78. The van der Waals surface area contributed by atoms with Crippen LogP contribution in [0.25, 0.3) is 0 Å². The fourth-order valence-corrected chi connectivity index (χ4v) is 2.57. The van der Waals surface area contributed by atoms with Crippen molar-refractivity contribution >= 4 is 43.5 Å². The lowest BCUT2D eigenvalue weighted by Crippen LogP contribution is -2.37. The molecule has 0 radical (unpaired) electrons. The molecule has 0 saturated heterocycles. The zero-order chi connectivity index (χ0) is 13.8. The zero-order valence-corrected chi connectivity index (χ0v) is 14.0. The standard InChI is InChI=1S/C13H18Br2N2O/c1-13(2,3)16-8-7-11(18)17-12-9(14)5-4-6-10(12)15/h4-6,16H,7-8H2,1-3H3,(H,17,18). The molecule has 0 fully saturated rings. The molecule has 0 aliphatic heterocycles. The van der Waals surface area contributed by atoms with Gasteiger partial charge in [-0.15, -0.1) is 0 Å².